The summed E-state index contributed by atoms with van der Waals surface area (Å²) in [5.74, 6) is 0.271. The van der Waals surface area contributed by atoms with E-state index in [1.54, 1.807) is 0 Å². The largest absolute Gasteiger partial charge is 1.00 e. The van der Waals surface area contributed by atoms with Crippen LogP contribution < -0.4 is 18.9 Å². The molecule has 14 heavy (non-hydrogen) atoms. The Bertz CT molecular complexity index is 176. The molecule has 0 aromatic heterocycles. The zero-order valence-electron chi connectivity index (χ0n) is 10.3. The molecule has 6 heteroatoms. The molecule has 0 spiro atoms. The maximum atomic E-state index is 10.4. The van der Waals surface area contributed by atoms with Gasteiger partial charge in [-0.3, -0.25) is 4.52 Å². The Hall–Kier alpha value is 0.707. The van der Waals surface area contributed by atoms with Crippen LogP contribution in [0, 0.1) is 5.92 Å². The van der Waals surface area contributed by atoms with Crippen molar-refractivity contribution in [2.24, 2.45) is 5.92 Å². The van der Waals surface area contributed by atoms with Gasteiger partial charge in [-0.15, -0.1) is 0 Å². The van der Waals surface area contributed by atoms with Crippen molar-refractivity contribution in [1.82, 2.24) is 0 Å². The Labute approximate surface area is 99.3 Å². The predicted molar refractivity (Wildman–Crippen MR) is 52.4 cm³/mol. The van der Waals surface area contributed by atoms with Gasteiger partial charge in [0.1, 0.15) is 0 Å². The van der Waals surface area contributed by atoms with E-state index >= 15 is 0 Å². The molecule has 1 atom stereocenters. The molecule has 4 nitrogen and oxygen atoms in total. The Balaban J connectivity index is -0.000000720. The Morgan fingerprint density at radius 1 is 1.43 bits per heavy atom. The first-order valence-electron chi connectivity index (χ1n) is 4.69. The third-order valence-electron chi connectivity index (χ3n) is 2.02. The minimum atomic E-state index is -4.26. The van der Waals surface area contributed by atoms with E-state index < -0.39 is 7.82 Å². The first-order valence-corrected chi connectivity index (χ1v) is 6.22. The molecule has 0 rings (SSSR count). The van der Waals surface area contributed by atoms with Crippen molar-refractivity contribution in [2.45, 2.75) is 39.5 Å². The summed E-state index contributed by atoms with van der Waals surface area (Å²) in [5.41, 5.74) is 0. The van der Waals surface area contributed by atoms with Crippen LogP contribution >= 0.6 is 7.82 Å². The Morgan fingerprint density at radius 2 is 2.00 bits per heavy atom. The molecular formula is C8H20LiO4P. The van der Waals surface area contributed by atoms with Gasteiger partial charge in [-0.25, -0.2) is 4.57 Å². The van der Waals surface area contributed by atoms with E-state index in [1.165, 1.54) is 0 Å². The first-order chi connectivity index (χ1) is 5.99. The van der Waals surface area contributed by atoms with Gasteiger partial charge in [-0.05, 0) is 12.3 Å². The van der Waals surface area contributed by atoms with E-state index in [4.69, 9.17) is 9.79 Å². The van der Waals surface area contributed by atoms with Crippen LogP contribution in [-0.4, -0.2) is 16.4 Å². The molecule has 0 bridgehead atoms. The average molecular weight is 218 g/mol. The summed E-state index contributed by atoms with van der Waals surface area (Å²) in [5, 5.41) is 0. The van der Waals surface area contributed by atoms with Gasteiger partial charge >= 0.3 is 26.7 Å². The van der Waals surface area contributed by atoms with Gasteiger partial charge < -0.3 is 11.2 Å². The first kappa shape index (κ1) is 17.1. The van der Waals surface area contributed by atoms with Crippen molar-refractivity contribution in [3.8, 4) is 0 Å². The molecule has 0 aromatic carbocycles. The topological polar surface area (TPSA) is 66.8 Å². The maximum absolute atomic E-state index is 10.4. The molecule has 0 aliphatic carbocycles. The van der Waals surface area contributed by atoms with Crippen LogP contribution in [0.25, 0.3) is 0 Å². The second-order valence-corrected chi connectivity index (χ2v) is 4.44. The zero-order chi connectivity index (χ0) is 10.3. The van der Waals surface area contributed by atoms with Gasteiger partial charge in [-0.2, -0.15) is 0 Å². The molecule has 1 unspecified atom stereocenters. The number of phosphoric acid groups is 1. The van der Waals surface area contributed by atoms with Crippen LogP contribution in [0.15, 0.2) is 0 Å². The minimum Gasteiger partial charge on any atom is -1.00 e. The zero-order valence-corrected chi connectivity index (χ0v) is 10.2. The SMILES string of the molecule is CCCCC(CC)COP(=O)(O)O.[H-].[Li+]. The molecule has 0 heterocycles. The van der Waals surface area contributed by atoms with E-state index in [0.717, 1.165) is 25.7 Å². The normalized spacial score (nSPS) is 13.4. The molecule has 2 N–H and O–H groups in total. The summed E-state index contributed by atoms with van der Waals surface area (Å²) in [6.07, 6.45) is 4.07. The number of unbranched alkanes of at least 4 members (excludes halogenated alkanes) is 1. The summed E-state index contributed by atoms with van der Waals surface area (Å²) in [6, 6.07) is 0. The third-order valence-corrected chi connectivity index (χ3v) is 2.51. The van der Waals surface area contributed by atoms with E-state index in [2.05, 4.69) is 11.4 Å². The molecule has 0 aromatic rings. The van der Waals surface area contributed by atoms with Crippen molar-refractivity contribution in [1.29, 1.82) is 0 Å². The van der Waals surface area contributed by atoms with Crippen LogP contribution in [0.2, 0.25) is 0 Å². The molecule has 0 aliphatic rings. The molecule has 0 saturated heterocycles. The molecule has 0 amide bonds. The Kier molecular flexibility index (Phi) is 11.0. The predicted octanol–water partition coefficient (Wildman–Crippen LogP) is -0.571. The van der Waals surface area contributed by atoms with Crippen molar-refractivity contribution >= 4 is 7.82 Å². The van der Waals surface area contributed by atoms with Crippen LogP contribution in [0.4, 0.5) is 0 Å². The van der Waals surface area contributed by atoms with Crippen molar-refractivity contribution in [3.63, 3.8) is 0 Å². The Morgan fingerprint density at radius 3 is 2.36 bits per heavy atom. The molecule has 0 fully saturated rings. The van der Waals surface area contributed by atoms with E-state index in [1.807, 2.05) is 6.92 Å². The summed E-state index contributed by atoms with van der Waals surface area (Å²) in [4.78, 5) is 17.0. The quantitative estimate of drug-likeness (QED) is 0.443. The fraction of sp³-hybridized carbons (Fsp3) is 1.00. The maximum Gasteiger partial charge on any atom is 1.00 e. The average Bonchev–Trinajstić information content (AvgIpc) is 2.03. The molecule has 0 aliphatic heterocycles. The van der Waals surface area contributed by atoms with E-state index in [9.17, 15) is 4.57 Å². The van der Waals surface area contributed by atoms with Gasteiger partial charge in [0.05, 0.1) is 6.61 Å². The summed E-state index contributed by atoms with van der Waals surface area (Å²) < 4.78 is 14.8. The number of rotatable bonds is 7. The summed E-state index contributed by atoms with van der Waals surface area (Å²) in [7, 11) is -4.26. The summed E-state index contributed by atoms with van der Waals surface area (Å²) >= 11 is 0. The van der Waals surface area contributed by atoms with Crippen LogP contribution in [0.5, 0.6) is 0 Å². The van der Waals surface area contributed by atoms with Crippen molar-refractivity contribution < 1.29 is 39.2 Å². The van der Waals surface area contributed by atoms with Gasteiger partial charge in [-0.1, -0.05) is 33.1 Å². The minimum absolute atomic E-state index is 0. The second-order valence-electron chi connectivity index (χ2n) is 3.20. The third kappa shape index (κ3) is 10.8. The fourth-order valence-electron chi connectivity index (χ4n) is 1.10. The van der Waals surface area contributed by atoms with Crippen molar-refractivity contribution in [3.05, 3.63) is 0 Å². The number of hydrogen-bond donors (Lipinski definition) is 2. The molecular weight excluding hydrogens is 198 g/mol. The molecule has 0 radical (unpaired) electrons. The van der Waals surface area contributed by atoms with Gasteiger partial charge in [0.15, 0.2) is 0 Å². The standard InChI is InChI=1S/C8H19O4P.Li.H/c1-3-5-6-8(4-2)7-12-13(9,10)11;;/h8H,3-7H2,1-2H3,(H2,9,10,11);;/q;+1;-1. The van der Waals surface area contributed by atoms with Gasteiger partial charge in [0.2, 0.25) is 0 Å². The molecule has 0 saturated carbocycles. The number of hydrogen-bond acceptors (Lipinski definition) is 2. The molecule has 82 valence electrons. The fourth-order valence-corrected chi connectivity index (χ4v) is 1.51. The van der Waals surface area contributed by atoms with Gasteiger partial charge in [0.25, 0.3) is 0 Å². The van der Waals surface area contributed by atoms with Crippen molar-refractivity contribution in [2.75, 3.05) is 6.61 Å². The monoisotopic (exact) mass is 218 g/mol. The van der Waals surface area contributed by atoms with Gasteiger partial charge in [0, 0.05) is 0 Å². The van der Waals surface area contributed by atoms with E-state index in [0.29, 0.717) is 0 Å². The number of phosphoric ester groups is 1. The summed E-state index contributed by atoms with van der Waals surface area (Å²) in [6.45, 7) is 4.26. The second kappa shape index (κ2) is 8.97. The smallest absolute Gasteiger partial charge is 1.00 e. The van der Waals surface area contributed by atoms with Crippen LogP contribution in [0.3, 0.4) is 0 Å². The van der Waals surface area contributed by atoms with Crippen LogP contribution in [-0.2, 0) is 9.09 Å². The van der Waals surface area contributed by atoms with E-state index in [-0.39, 0.29) is 32.8 Å². The van der Waals surface area contributed by atoms with Crippen LogP contribution in [0.1, 0.15) is 41.0 Å².